The van der Waals surface area contributed by atoms with Crippen molar-refractivity contribution in [2.45, 2.75) is 25.6 Å². The van der Waals surface area contributed by atoms with Crippen LogP contribution >= 0.6 is 0 Å². The van der Waals surface area contributed by atoms with E-state index in [2.05, 4.69) is 0 Å². The molecular weight excluding hydrogens is 180 g/mol. The molecule has 0 aromatic carbocycles. The molecule has 0 heterocycles. The van der Waals surface area contributed by atoms with Crippen molar-refractivity contribution in [2.24, 2.45) is 5.92 Å². The van der Waals surface area contributed by atoms with Gasteiger partial charge in [0.05, 0.1) is 12.6 Å². The van der Waals surface area contributed by atoms with Crippen molar-refractivity contribution >= 4 is 0 Å². The molecular formula is C10H24N2O2. The van der Waals surface area contributed by atoms with Crippen LogP contribution in [0.25, 0.3) is 0 Å². The lowest BCUT2D eigenvalue weighted by molar-refractivity contribution is -0.172. The van der Waals surface area contributed by atoms with Crippen molar-refractivity contribution in [2.75, 3.05) is 34.8 Å². The second kappa shape index (κ2) is 5.07. The van der Waals surface area contributed by atoms with Crippen molar-refractivity contribution in [3.05, 3.63) is 0 Å². The molecule has 0 bridgehead atoms. The molecule has 2 N–H and O–H groups in total. The van der Waals surface area contributed by atoms with Crippen molar-refractivity contribution in [1.82, 2.24) is 9.80 Å². The van der Waals surface area contributed by atoms with Crippen molar-refractivity contribution in [3.8, 4) is 0 Å². The summed E-state index contributed by atoms with van der Waals surface area (Å²) in [6.45, 7) is 3.85. The molecule has 0 saturated carbocycles. The Morgan fingerprint density at radius 1 is 1.14 bits per heavy atom. The van der Waals surface area contributed by atoms with Crippen molar-refractivity contribution < 1.29 is 10.2 Å². The van der Waals surface area contributed by atoms with Gasteiger partial charge in [-0.15, -0.1) is 0 Å². The van der Waals surface area contributed by atoms with Crippen LogP contribution in [-0.4, -0.2) is 66.6 Å². The van der Waals surface area contributed by atoms with E-state index in [1.165, 1.54) is 0 Å². The summed E-state index contributed by atoms with van der Waals surface area (Å²) in [5, 5.41) is 19.8. The minimum Gasteiger partial charge on any atom is -0.395 e. The van der Waals surface area contributed by atoms with E-state index in [1.807, 2.05) is 46.9 Å². The Kier molecular flexibility index (Phi) is 5.01. The molecule has 0 aliphatic carbocycles. The largest absolute Gasteiger partial charge is 0.395 e. The summed E-state index contributed by atoms with van der Waals surface area (Å²) in [7, 11) is 7.37. The van der Waals surface area contributed by atoms with E-state index < -0.39 is 5.72 Å². The van der Waals surface area contributed by atoms with Gasteiger partial charge in [-0.25, -0.2) is 0 Å². The van der Waals surface area contributed by atoms with Crippen LogP contribution in [0.1, 0.15) is 13.8 Å². The van der Waals surface area contributed by atoms with Gasteiger partial charge < -0.3 is 15.1 Å². The number of nitrogens with zero attached hydrogens (tertiary/aromatic N) is 2. The third-order valence-corrected chi connectivity index (χ3v) is 2.85. The Bertz CT molecular complexity index is 162. The fourth-order valence-corrected chi connectivity index (χ4v) is 1.88. The first kappa shape index (κ1) is 13.8. The van der Waals surface area contributed by atoms with Gasteiger partial charge in [-0.1, -0.05) is 13.8 Å². The van der Waals surface area contributed by atoms with E-state index in [9.17, 15) is 10.2 Å². The molecule has 0 aromatic heterocycles. The maximum absolute atomic E-state index is 10.5. The normalized spacial score (nSPS) is 19.1. The van der Waals surface area contributed by atoms with E-state index in [0.717, 1.165) is 0 Å². The SMILES string of the molecule is CC(C)C(O)(C(CO)N(C)C)N(C)C. The molecule has 0 radical (unpaired) electrons. The molecule has 0 aromatic rings. The minimum atomic E-state index is -1.00. The van der Waals surface area contributed by atoms with Gasteiger partial charge in [0.1, 0.15) is 5.72 Å². The van der Waals surface area contributed by atoms with E-state index in [0.29, 0.717) is 0 Å². The number of likely N-dealkylation sites (N-methyl/N-ethyl adjacent to an activating group) is 2. The van der Waals surface area contributed by atoms with Gasteiger partial charge in [-0.2, -0.15) is 0 Å². The van der Waals surface area contributed by atoms with Crippen LogP contribution in [0.15, 0.2) is 0 Å². The van der Waals surface area contributed by atoms with Crippen LogP contribution in [0.3, 0.4) is 0 Å². The molecule has 86 valence electrons. The first-order chi connectivity index (χ1) is 6.28. The van der Waals surface area contributed by atoms with Crippen LogP contribution in [-0.2, 0) is 0 Å². The molecule has 2 atom stereocenters. The summed E-state index contributed by atoms with van der Waals surface area (Å²) < 4.78 is 0. The highest BCUT2D eigenvalue weighted by atomic mass is 16.3. The molecule has 4 heteroatoms. The maximum Gasteiger partial charge on any atom is 0.138 e. The smallest absolute Gasteiger partial charge is 0.138 e. The lowest BCUT2D eigenvalue weighted by Crippen LogP contribution is -2.63. The number of rotatable bonds is 5. The molecule has 4 nitrogen and oxygen atoms in total. The second-order valence-electron chi connectivity index (χ2n) is 4.49. The van der Waals surface area contributed by atoms with Gasteiger partial charge in [0.15, 0.2) is 0 Å². The first-order valence-corrected chi connectivity index (χ1v) is 4.95. The topological polar surface area (TPSA) is 46.9 Å². The molecule has 2 unspecified atom stereocenters. The molecule has 0 spiro atoms. The highest BCUT2D eigenvalue weighted by molar-refractivity contribution is 4.91. The van der Waals surface area contributed by atoms with Crippen LogP contribution < -0.4 is 0 Å². The third-order valence-electron chi connectivity index (χ3n) is 2.85. The minimum absolute atomic E-state index is 0.0528. The maximum atomic E-state index is 10.5. The van der Waals surface area contributed by atoms with Crippen LogP contribution in [0, 0.1) is 5.92 Å². The summed E-state index contributed by atoms with van der Waals surface area (Å²) in [5.74, 6) is 0.0528. The number of hydrogen-bond acceptors (Lipinski definition) is 4. The summed E-state index contributed by atoms with van der Waals surface area (Å²) in [5.41, 5.74) is -1.00. The summed E-state index contributed by atoms with van der Waals surface area (Å²) >= 11 is 0. The predicted molar refractivity (Wildman–Crippen MR) is 58.0 cm³/mol. The number of hydrogen-bond donors (Lipinski definition) is 2. The molecule has 0 aliphatic heterocycles. The molecule has 0 fully saturated rings. The zero-order chi connectivity index (χ0) is 11.5. The monoisotopic (exact) mass is 204 g/mol. The Hall–Kier alpha value is -0.160. The molecule has 0 rings (SSSR count). The van der Waals surface area contributed by atoms with Crippen molar-refractivity contribution in [3.63, 3.8) is 0 Å². The standard InChI is InChI=1S/C10H24N2O2/c1-8(2)10(14,12(5)6)9(7-13)11(3)4/h8-9,13-14H,7H2,1-6H3. The first-order valence-electron chi connectivity index (χ1n) is 4.95. The Labute approximate surface area is 87.1 Å². The van der Waals surface area contributed by atoms with Gasteiger partial charge in [0, 0.05) is 0 Å². The van der Waals surface area contributed by atoms with Crippen LogP contribution in [0.2, 0.25) is 0 Å². The zero-order valence-electron chi connectivity index (χ0n) is 10.2. The quantitative estimate of drug-likeness (QED) is 0.610. The van der Waals surface area contributed by atoms with Gasteiger partial charge >= 0.3 is 0 Å². The average molecular weight is 204 g/mol. The second-order valence-corrected chi connectivity index (χ2v) is 4.49. The molecule has 0 aliphatic rings. The summed E-state index contributed by atoms with van der Waals surface area (Å²) in [6.07, 6.45) is 0. The van der Waals surface area contributed by atoms with Crippen molar-refractivity contribution in [1.29, 1.82) is 0 Å². The lowest BCUT2D eigenvalue weighted by Gasteiger charge is -2.46. The summed E-state index contributed by atoms with van der Waals surface area (Å²) in [4.78, 5) is 3.61. The molecule has 0 saturated heterocycles. The molecule has 14 heavy (non-hydrogen) atoms. The van der Waals surface area contributed by atoms with Crippen LogP contribution in [0.5, 0.6) is 0 Å². The van der Waals surface area contributed by atoms with Crippen LogP contribution in [0.4, 0.5) is 0 Å². The average Bonchev–Trinajstić information content (AvgIpc) is 2.03. The van der Waals surface area contributed by atoms with Gasteiger partial charge in [0.25, 0.3) is 0 Å². The van der Waals surface area contributed by atoms with E-state index in [-0.39, 0.29) is 18.6 Å². The number of aliphatic hydroxyl groups is 2. The van der Waals surface area contributed by atoms with Gasteiger partial charge in [0.2, 0.25) is 0 Å². The fraction of sp³-hybridized carbons (Fsp3) is 1.00. The van der Waals surface area contributed by atoms with E-state index in [4.69, 9.17) is 0 Å². The predicted octanol–water partition coefficient (Wildman–Crippen LogP) is -0.185. The zero-order valence-corrected chi connectivity index (χ0v) is 10.2. The van der Waals surface area contributed by atoms with Gasteiger partial charge in [-0.3, -0.25) is 4.90 Å². The lowest BCUT2D eigenvalue weighted by atomic mass is 9.90. The number of aliphatic hydroxyl groups excluding tert-OH is 1. The highest BCUT2D eigenvalue weighted by Gasteiger charge is 2.42. The highest BCUT2D eigenvalue weighted by Crippen LogP contribution is 2.25. The Morgan fingerprint density at radius 3 is 1.64 bits per heavy atom. The summed E-state index contributed by atoms with van der Waals surface area (Å²) in [6, 6.07) is -0.280. The third kappa shape index (κ3) is 2.45. The Balaban J connectivity index is 4.96. The van der Waals surface area contributed by atoms with Gasteiger partial charge in [-0.05, 0) is 34.1 Å². The van der Waals surface area contributed by atoms with E-state index in [1.54, 1.807) is 4.90 Å². The Morgan fingerprint density at radius 2 is 1.57 bits per heavy atom. The molecule has 0 amide bonds. The van der Waals surface area contributed by atoms with E-state index >= 15 is 0 Å². The fourth-order valence-electron chi connectivity index (χ4n) is 1.88.